The topological polar surface area (TPSA) is 71.5 Å². The summed E-state index contributed by atoms with van der Waals surface area (Å²) in [5, 5.41) is 11.3. The van der Waals surface area contributed by atoms with Crippen molar-refractivity contribution in [2.45, 2.75) is 19.8 Å². The van der Waals surface area contributed by atoms with E-state index in [1.165, 1.54) is 0 Å². The SMILES string of the molecule is CC(C)c1ccc(/C(N)=N/O)cn1. The molecule has 0 aliphatic rings. The highest BCUT2D eigenvalue weighted by molar-refractivity contribution is 5.96. The maximum atomic E-state index is 8.40. The lowest BCUT2D eigenvalue weighted by molar-refractivity contribution is 0.318. The average Bonchev–Trinajstić information content (AvgIpc) is 2.17. The van der Waals surface area contributed by atoms with Crippen molar-refractivity contribution in [2.24, 2.45) is 10.9 Å². The molecule has 0 aromatic carbocycles. The van der Waals surface area contributed by atoms with Crippen LogP contribution in [0.15, 0.2) is 23.5 Å². The first-order valence-corrected chi connectivity index (χ1v) is 4.09. The van der Waals surface area contributed by atoms with Gasteiger partial charge in [-0.15, -0.1) is 0 Å². The van der Waals surface area contributed by atoms with E-state index in [4.69, 9.17) is 10.9 Å². The van der Waals surface area contributed by atoms with Crippen molar-refractivity contribution < 1.29 is 5.21 Å². The first-order valence-electron chi connectivity index (χ1n) is 4.09. The molecule has 0 atom stereocenters. The van der Waals surface area contributed by atoms with E-state index in [0.717, 1.165) is 5.69 Å². The van der Waals surface area contributed by atoms with E-state index in [1.807, 2.05) is 6.07 Å². The van der Waals surface area contributed by atoms with Crippen LogP contribution in [0.25, 0.3) is 0 Å². The minimum Gasteiger partial charge on any atom is -0.409 e. The van der Waals surface area contributed by atoms with Gasteiger partial charge in [0.05, 0.1) is 0 Å². The molecule has 4 heteroatoms. The number of rotatable bonds is 2. The Morgan fingerprint density at radius 1 is 1.54 bits per heavy atom. The number of hydrogen-bond acceptors (Lipinski definition) is 3. The molecule has 0 bridgehead atoms. The van der Waals surface area contributed by atoms with Gasteiger partial charge in [-0.3, -0.25) is 4.98 Å². The molecule has 0 saturated carbocycles. The molecular weight excluding hydrogens is 166 g/mol. The van der Waals surface area contributed by atoms with Gasteiger partial charge in [-0.05, 0) is 18.1 Å². The van der Waals surface area contributed by atoms with E-state index < -0.39 is 0 Å². The minimum absolute atomic E-state index is 0.0859. The molecule has 1 heterocycles. The van der Waals surface area contributed by atoms with Crippen LogP contribution < -0.4 is 5.73 Å². The first-order chi connectivity index (χ1) is 6.15. The Bertz CT molecular complexity index is 303. The van der Waals surface area contributed by atoms with Crippen molar-refractivity contribution in [2.75, 3.05) is 0 Å². The van der Waals surface area contributed by atoms with E-state index in [0.29, 0.717) is 11.5 Å². The van der Waals surface area contributed by atoms with Crippen LogP contribution in [0.3, 0.4) is 0 Å². The van der Waals surface area contributed by atoms with E-state index in [-0.39, 0.29) is 5.84 Å². The molecule has 0 fully saturated rings. The van der Waals surface area contributed by atoms with E-state index >= 15 is 0 Å². The third-order valence-corrected chi connectivity index (χ3v) is 1.78. The number of nitrogens with zero attached hydrogens (tertiary/aromatic N) is 2. The summed E-state index contributed by atoms with van der Waals surface area (Å²) in [5.74, 6) is 0.476. The summed E-state index contributed by atoms with van der Waals surface area (Å²) >= 11 is 0. The molecule has 0 aliphatic carbocycles. The molecule has 70 valence electrons. The van der Waals surface area contributed by atoms with Gasteiger partial charge in [-0.2, -0.15) is 0 Å². The van der Waals surface area contributed by atoms with Gasteiger partial charge in [0.25, 0.3) is 0 Å². The van der Waals surface area contributed by atoms with Crippen LogP contribution in [0, 0.1) is 0 Å². The van der Waals surface area contributed by atoms with Gasteiger partial charge in [0.15, 0.2) is 5.84 Å². The van der Waals surface area contributed by atoms with Crippen LogP contribution in [0.1, 0.15) is 31.0 Å². The Hall–Kier alpha value is -1.58. The summed E-state index contributed by atoms with van der Waals surface area (Å²) in [6, 6.07) is 3.66. The second kappa shape index (κ2) is 3.89. The monoisotopic (exact) mass is 179 g/mol. The van der Waals surface area contributed by atoms with Crippen molar-refractivity contribution in [1.29, 1.82) is 0 Å². The van der Waals surface area contributed by atoms with Gasteiger partial charge in [-0.25, -0.2) is 0 Å². The molecule has 0 spiro atoms. The number of oxime groups is 1. The van der Waals surface area contributed by atoms with Gasteiger partial charge in [-0.1, -0.05) is 19.0 Å². The van der Waals surface area contributed by atoms with Crippen molar-refractivity contribution in [1.82, 2.24) is 4.98 Å². The molecule has 0 amide bonds. The number of nitrogens with two attached hydrogens (primary N) is 1. The molecule has 1 aromatic rings. The van der Waals surface area contributed by atoms with Crippen molar-refractivity contribution in [3.8, 4) is 0 Å². The lowest BCUT2D eigenvalue weighted by atomic mass is 10.1. The highest BCUT2D eigenvalue weighted by atomic mass is 16.4. The van der Waals surface area contributed by atoms with Crippen LogP contribution in [-0.2, 0) is 0 Å². The number of hydrogen-bond donors (Lipinski definition) is 2. The van der Waals surface area contributed by atoms with Gasteiger partial charge >= 0.3 is 0 Å². The van der Waals surface area contributed by atoms with E-state index in [9.17, 15) is 0 Å². The maximum Gasteiger partial charge on any atom is 0.171 e. The molecule has 0 unspecified atom stereocenters. The Morgan fingerprint density at radius 3 is 2.62 bits per heavy atom. The fourth-order valence-corrected chi connectivity index (χ4v) is 0.956. The Morgan fingerprint density at radius 2 is 2.23 bits per heavy atom. The molecule has 3 N–H and O–H groups in total. The zero-order valence-electron chi connectivity index (χ0n) is 7.73. The summed E-state index contributed by atoms with van der Waals surface area (Å²) < 4.78 is 0. The summed E-state index contributed by atoms with van der Waals surface area (Å²) in [7, 11) is 0. The first kappa shape index (κ1) is 9.51. The number of aromatic nitrogens is 1. The fraction of sp³-hybridized carbons (Fsp3) is 0.333. The molecule has 0 aliphatic heterocycles. The lowest BCUT2D eigenvalue weighted by Crippen LogP contribution is -2.13. The Balaban J connectivity index is 2.94. The quantitative estimate of drug-likeness (QED) is 0.311. The summed E-state index contributed by atoms with van der Waals surface area (Å²) in [4.78, 5) is 4.18. The summed E-state index contributed by atoms with van der Waals surface area (Å²) in [5.41, 5.74) is 7.01. The molecule has 4 nitrogen and oxygen atoms in total. The summed E-state index contributed by atoms with van der Waals surface area (Å²) in [6.45, 7) is 4.12. The van der Waals surface area contributed by atoms with Crippen molar-refractivity contribution in [3.05, 3.63) is 29.6 Å². The molecular formula is C9H13N3O. The smallest absolute Gasteiger partial charge is 0.171 e. The van der Waals surface area contributed by atoms with Gasteiger partial charge in [0, 0.05) is 17.5 Å². The predicted molar refractivity (Wildman–Crippen MR) is 50.8 cm³/mol. The van der Waals surface area contributed by atoms with Gasteiger partial charge < -0.3 is 10.9 Å². The van der Waals surface area contributed by atoms with E-state index in [1.54, 1.807) is 12.3 Å². The fourth-order valence-electron chi connectivity index (χ4n) is 0.956. The van der Waals surface area contributed by atoms with Crippen LogP contribution in [-0.4, -0.2) is 16.0 Å². The Labute approximate surface area is 77.1 Å². The molecule has 1 rings (SSSR count). The third-order valence-electron chi connectivity index (χ3n) is 1.78. The summed E-state index contributed by atoms with van der Waals surface area (Å²) in [6.07, 6.45) is 1.60. The maximum absolute atomic E-state index is 8.40. The number of pyridine rings is 1. The Kier molecular flexibility index (Phi) is 2.84. The standard InChI is InChI=1S/C9H13N3O/c1-6(2)8-4-3-7(5-11-8)9(10)12-13/h3-6,13H,1-2H3,(H2,10,12). The van der Waals surface area contributed by atoms with Crippen LogP contribution >= 0.6 is 0 Å². The lowest BCUT2D eigenvalue weighted by Gasteiger charge is -2.04. The van der Waals surface area contributed by atoms with Crippen molar-refractivity contribution in [3.63, 3.8) is 0 Å². The zero-order chi connectivity index (χ0) is 9.84. The highest BCUT2D eigenvalue weighted by Crippen LogP contribution is 2.10. The molecule has 0 saturated heterocycles. The molecule has 0 radical (unpaired) electrons. The highest BCUT2D eigenvalue weighted by Gasteiger charge is 2.02. The van der Waals surface area contributed by atoms with E-state index in [2.05, 4.69) is 24.0 Å². The van der Waals surface area contributed by atoms with Gasteiger partial charge in [0.2, 0.25) is 0 Å². The van der Waals surface area contributed by atoms with Crippen LogP contribution in [0.4, 0.5) is 0 Å². The minimum atomic E-state index is 0.0859. The largest absolute Gasteiger partial charge is 0.409 e. The normalized spacial score (nSPS) is 12.1. The third kappa shape index (κ3) is 2.18. The second-order valence-electron chi connectivity index (χ2n) is 3.11. The predicted octanol–water partition coefficient (Wildman–Crippen LogP) is 1.30. The van der Waals surface area contributed by atoms with Gasteiger partial charge in [0.1, 0.15) is 0 Å². The molecule has 1 aromatic heterocycles. The molecule has 13 heavy (non-hydrogen) atoms. The van der Waals surface area contributed by atoms with Crippen LogP contribution in [0.2, 0.25) is 0 Å². The van der Waals surface area contributed by atoms with Crippen molar-refractivity contribution >= 4 is 5.84 Å². The average molecular weight is 179 g/mol. The zero-order valence-corrected chi connectivity index (χ0v) is 7.73. The number of amidine groups is 1. The second-order valence-corrected chi connectivity index (χ2v) is 3.11. The van der Waals surface area contributed by atoms with Crippen LogP contribution in [0.5, 0.6) is 0 Å².